The summed E-state index contributed by atoms with van der Waals surface area (Å²) in [5, 5.41) is 10.7. The quantitative estimate of drug-likeness (QED) is 0.822. The molecule has 2 atom stereocenters. The maximum atomic E-state index is 12.9. The summed E-state index contributed by atoms with van der Waals surface area (Å²) >= 11 is 6.01. The van der Waals surface area contributed by atoms with Gasteiger partial charge in [0.25, 0.3) is 0 Å². The molecule has 2 aromatic rings. The number of fused-ring (bicyclic) bond motifs is 1. The first kappa shape index (κ1) is 11.7. The van der Waals surface area contributed by atoms with Crippen LogP contribution in [-0.2, 0) is 0 Å². The Hall–Kier alpha value is -1.38. The van der Waals surface area contributed by atoms with Gasteiger partial charge >= 0.3 is 0 Å². The van der Waals surface area contributed by atoms with Crippen LogP contribution >= 0.6 is 11.6 Å². The van der Waals surface area contributed by atoms with Crippen molar-refractivity contribution in [3.8, 4) is 0 Å². The van der Waals surface area contributed by atoms with Crippen molar-refractivity contribution in [3.05, 3.63) is 70.0 Å². The zero-order chi connectivity index (χ0) is 12.7. The second kappa shape index (κ2) is 4.38. The van der Waals surface area contributed by atoms with Gasteiger partial charge in [-0.1, -0.05) is 29.8 Å². The Morgan fingerprint density at radius 2 is 1.78 bits per heavy atom. The molecule has 3 heteroatoms. The Morgan fingerprint density at radius 3 is 2.50 bits per heavy atom. The lowest BCUT2D eigenvalue weighted by molar-refractivity contribution is 0.176. The summed E-state index contributed by atoms with van der Waals surface area (Å²) in [7, 11) is 0. The molecule has 0 amide bonds. The second-order valence-electron chi connectivity index (χ2n) is 4.63. The molecule has 0 unspecified atom stereocenters. The molecule has 0 radical (unpaired) electrons. The van der Waals surface area contributed by atoms with E-state index in [2.05, 4.69) is 0 Å². The maximum absolute atomic E-state index is 12.9. The van der Waals surface area contributed by atoms with Crippen LogP contribution in [0.1, 0.15) is 35.1 Å². The third-order valence-corrected chi connectivity index (χ3v) is 3.75. The van der Waals surface area contributed by atoms with Gasteiger partial charge in [0, 0.05) is 10.9 Å². The van der Waals surface area contributed by atoms with Gasteiger partial charge in [-0.3, -0.25) is 0 Å². The van der Waals surface area contributed by atoms with Gasteiger partial charge in [-0.15, -0.1) is 0 Å². The molecular formula is C15H12ClFO. The van der Waals surface area contributed by atoms with E-state index < -0.39 is 6.10 Å². The number of benzene rings is 2. The van der Waals surface area contributed by atoms with Crippen LogP contribution in [0.15, 0.2) is 42.5 Å². The number of halogens is 2. The number of aliphatic hydroxyl groups is 1. The summed E-state index contributed by atoms with van der Waals surface area (Å²) in [5.41, 5.74) is 2.98. The normalized spacial score (nSPS) is 21.9. The molecule has 1 nitrogen and oxygen atoms in total. The smallest absolute Gasteiger partial charge is 0.123 e. The first-order chi connectivity index (χ1) is 8.65. The molecule has 0 bridgehead atoms. The third-order valence-electron chi connectivity index (χ3n) is 3.51. The fourth-order valence-electron chi connectivity index (χ4n) is 2.64. The summed E-state index contributed by atoms with van der Waals surface area (Å²) in [6.45, 7) is 0. The van der Waals surface area contributed by atoms with Gasteiger partial charge in [0.15, 0.2) is 0 Å². The number of hydrogen-bond acceptors (Lipinski definition) is 1. The number of hydrogen-bond donors (Lipinski definition) is 1. The Bertz CT molecular complexity index is 580. The lowest BCUT2D eigenvalue weighted by Crippen LogP contribution is -1.96. The van der Waals surface area contributed by atoms with Crippen LogP contribution in [0.25, 0.3) is 0 Å². The average Bonchev–Trinajstić information content (AvgIpc) is 2.67. The van der Waals surface area contributed by atoms with Crippen molar-refractivity contribution in [3.63, 3.8) is 0 Å². The van der Waals surface area contributed by atoms with Crippen molar-refractivity contribution < 1.29 is 9.50 Å². The second-order valence-corrected chi connectivity index (χ2v) is 5.07. The van der Waals surface area contributed by atoms with Gasteiger partial charge in [-0.05, 0) is 47.4 Å². The number of aliphatic hydroxyl groups excluding tert-OH is 1. The van der Waals surface area contributed by atoms with Gasteiger partial charge in [0.2, 0.25) is 0 Å². The summed E-state index contributed by atoms with van der Waals surface area (Å²) in [5.74, 6) is -0.155. The molecule has 0 heterocycles. The van der Waals surface area contributed by atoms with Gasteiger partial charge in [-0.25, -0.2) is 4.39 Å². The molecule has 1 aliphatic rings. The van der Waals surface area contributed by atoms with E-state index in [1.807, 2.05) is 12.1 Å². The molecule has 1 N–H and O–H groups in total. The molecule has 18 heavy (non-hydrogen) atoms. The molecule has 3 rings (SSSR count). The Balaban J connectivity index is 2.06. The van der Waals surface area contributed by atoms with Crippen LogP contribution in [0.3, 0.4) is 0 Å². The van der Waals surface area contributed by atoms with E-state index in [-0.39, 0.29) is 11.7 Å². The van der Waals surface area contributed by atoms with Crippen LogP contribution in [0.2, 0.25) is 5.02 Å². The molecule has 0 saturated carbocycles. The molecule has 0 fully saturated rings. The fraction of sp³-hybridized carbons (Fsp3) is 0.200. The van der Waals surface area contributed by atoms with E-state index >= 15 is 0 Å². The SMILES string of the molecule is O[C@H]1C[C@H](c2ccc(F)cc2)c2cc(Cl)ccc21. The fourth-order valence-corrected chi connectivity index (χ4v) is 2.82. The molecule has 0 saturated heterocycles. The van der Waals surface area contributed by atoms with Crippen molar-refractivity contribution in [1.82, 2.24) is 0 Å². The lowest BCUT2D eigenvalue weighted by Gasteiger charge is -2.12. The van der Waals surface area contributed by atoms with Crippen molar-refractivity contribution in [2.24, 2.45) is 0 Å². The standard InChI is InChI=1S/C15H12ClFO/c16-10-3-6-12-14(7-10)13(8-15(12)18)9-1-4-11(17)5-2-9/h1-7,13,15,18H,8H2/t13-,15+/m1/s1. The van der Waals surface area contributed by atoms with Crippen LogP contribution in [0.5, 0.6) is 0 Å². The summed E-state index contributed by atoms with van der Waals surface area (Å²) in [4.78, 5) is 0. The van der Waals surface area contributed by atoms with E-state index in [1.54, 1.807) is 18.2 Å². The zero-order valence-corrected chi connectivity index (χ0v) is 10.4. The maximum Gasteiger partial charge on any atom is 0.123 e. The molecule has 0 aromatic heterocycles. The van der Waals surface area contributed by atoms with Crippen LogP contribution in [0, 0.1) is 5.82 Å². The molecule has 2 aromatic carbocycles. The lowest BCUT2D eigenvalue weighted by atomic mass is 9.93. The Kier molecular flexibility index (Phi) is 2.84. The minimum atomic E-state index is -0.465. The zero-order valence-electron chi connectivity index (χ0n) is 9.61. The van der Waals surface area contributed by atoms with E-state index in [4.69, 9.17) is 11.6 Å². The number of rotatable bonds is 1. The van der Waals surface area contributed by atoms with E-state index in [9.17, 15) is 9.50 Å². The molecule has 0 aliphatic heterocycles. The van der Waals surface area contributed by atoms with Crippen molar-refractivity contribution in [1.29, 1.82) is 0 Å². The van der Waals surface area contributed by atoms with Gasteiger partial charge in [0.1, 0.15) is 5.82 Å². The highest BCUT2D eigenvalue weighted by atomic mass is 35.5. The Labute approximate surface area is 110 Å². The molecule has 92 valence electrons. The average molecular weight is 263 g/mol. The summed E-state index contributed by atoms with van der Waals surface area (Å²) < 4.78 is 12.9. The topological polar surface area (TPSA) is 20.2 Å². The highest BCUT2D eigenvalue weighted by Crippen LogP contribution is 2.44. The highest BCUT2D eigenvalue weighted by Gasteiger charge is 2.30. The minimum Gasteiger partial charge on any atom is -0.388 e. The highest BCUT2D eigenvalue weighted by molar-refractivity contribution is 6.30. The van der Waals surface area contributed by atoms with E-state index in [1.165, 1.54) is 12.1 Å². The van der Waals surface area contributed by atoms with Crippen molar-refractivity contribution >= 4 is 11.6 Å². The monoisotopic (exact) mass is 262 g/mol. The summed E-state index contributed by atoms with van der Waals surface area (Å²) in [6.07, 6.45) is 0.161. The van der Waals surface area contributed by atoms with E-state index in [0.717, 1.165) is 16.7 Å². The largest absolute Gasteiger partial charge is 0.388 e. The predicted molar refractivity (Wildman–Crippen MR) is 69.3 cm³/mol. The predicted octanol–water partition coefficient (Wildman–Crippen LogP) is 4.05. The van der Waals surface area contributed by atoms with Gasteiger partial charge < -0.3 is 5.11 Å². The Morgan fingerprint density at radius 1 is 1.06 bits per heavy atom. The van der Waals surface area contributed by atoms with Crippen LogP contribution < -0.4 is 0 Å². The van der Waals surface area contributed by atoms with Crippen molar-refractivity contribution in [2.45, 2.75) is 18.4 Å². The van der Waals surface area contributed by atoms with Gasteiger partial charge in [0.05, 0.1) is 6.10 Å². The first-order valence-corrected chi connectivity index (χ1v) is 6.26. The van der Waals surface area contributed by atoms with E-state index in [0.29, 0.717) is 11.4 Å². The molecular weight excluding hydrogens is 251 g/mol. The molecule has 1 aliphatic carbocycles. The third kappa shape index (κ3) is 1.92. The first-order valence-electron chi connectivity index (χ1n) is 5.88. The van der Waals surface area contributed by atoms with Gasteiger partial charge in [-0.2, -0.15) is 0 Å². The van der Waals surface area contributed by atoms with Crippen LogP contribution in [0.4, 0.5) is 4.39 Å². The molecule has 0 spiro atoms. The van der Waals surface area contributed by atoms with Crippen LogP contribution in [-0.4, -0.2) is 5.11 Å². The van der Waals surface area contributed by atoms with Crippen molar-refractivity contribution in [2.75, 3.05) is 0 Å². The summed E-state index contributed by atoms with van der Waals surface area (Å²) in [6, 6.07) is 12.0. The minimum absolute atomic E-state index is 0.0919.